The van der Waals surface area contributed by atoms with Gasteiger partial charge in [-0.3, -0.25) is 4.79 Å². The summed E-state index contributed by atoms with van der Waals surface area (Å²) in [4.78, 5) is 12.1. The number of sulfonamides is 1. The molecule has 0 unspecified atom stereocenters. The molecule has 1 aliphatic rings. The zero-order chi connectivity index (χ0) is 13.8. The average Bonchev–Trinajstić information content (AvgIpc) is 2.79. The topological polar surface area (TPSA) is 80.5 Å². The van der Waals surface area contributed by atoms with Gasteiger partial charge in [0.25, 0.3) is 21.8 Å². The van der Waals surface area contributed by atoms with Crippen molar-refractivity contribution in [2.45, 2.75) is 11.8 Å². The molecule has 98 valence electrons. The van der Waals surface area contributed by atoms with E-state index in [1.165, 1.54) is 12.1 Å². The van der Waals surface area contributed by atoms with Gasteiger partial charge >= 0.3 is 0 Å². The third-order valence-electron chi connectivity index (χ3n) is 2.78. The minimum Gasteiger partial charge on any atom is -0.335 e. The van der Waals surface area contributed by atoms with Crippen molar-refractivity contribution in [3.63, 3.8) is 0 Å². The Balaban J connectivity index is 2.27. The molecule has 6 nitrogen and oxygen atoms in total. The van der Waals surface area contributed by atoms with Crippen molar-refractivity contribution >= 4 is 33.4 Å². The molecular weight excluding hydrogens is 292 g/mol. The van der Waals surface area contributed by atoms with E-state index >= 15 is 0 Å². The van der Waals surface area contributed by atoms with Gasteiger partial charge in [-0.15, -0.1) is 0 Å². The van der Waals surface area contributed by atoms with Crippen LogP contribution in [0.2, 0.25) is 5.02 Å². The summed E-state index contributed by atoms with van der Waals surface area (Å²) in [5.74, 6) is -0.978. The number of anilines is 1. The normalized spacial score (nSPS) is 16.7. The fraction of sp³-hybridized carbons (Fsp3) is 0.0909. The fourth-order valence-electron chi connectivity index (χ4n) is 1.86. The van der Waals surface area contributed by atoms with Crippen molar-refractivity contribution < 1.29 is 17.7 Å². The summed E-state index contributed by atoms with van der Waals surface area (Å²) in [5, 5.41) is 3.56. The molecule has 2 aromatic rings. The number of hydrogen-bond acceptors (Lipinski definition) is 5. The lowest BCUT2D eigenvalue weighted by Gasteiger charge is -2.10. The van der Waals surface area contributed by atoms with Crippen molar-refractivity contribution in [3.05, 3.63) is 40.5 Å². The van der Waals surface area contributed by atoms with E-state index in [0.717, 1.165) is 0 Å². The number of amides is 1. The Morgan fingerprint density at radius 3 is 2.58 bits per heavy atom. The molecule has 0 saturated heterocycles. The largest absolute Gasteiger partial charge is 0.335 e. The number of hydrogen-bond donors (Lipinski definition) is 0. The molecule has 0 radical (unpaired) electrons. The van der Waals surface area contributed by atoms with Gasteiger partial charge in [-0.25, -0.2) is 8.42 Å². The maximum Gasteiger partial charge on any atom is 0.276 e. The molecule has 0 saturated carbocycles. The molecule has 2 heterocycles. The number of carbonyl (C=O) groups excluding carboxylic acids is 1. The molecule has 1 aliphatic heterocycles. The number of nitrogens with zero attached hydrogens (tertiary/aromatic N) is 2. The smallest absolute Gasteiger partial charge is 0.276 e. The van der Waals surface area contributed by atoms with Crippen LogP contribution in [0, 0.1) is 6.92 Å². The van der Waals surface area contributed by atoms with Gasteiger partial charge in [-0.2, -0.15) is 4.31 Å². The van der Waals surface area contributed by atoms with E-state index in [1.807, 2.05) is 0 Å². The quantitative estimate of drug-likeness (QED) is 0.804. The summed E-state index contributed by atoms with van der Waals surface area (Å²) in [6.45, 7) is 1.55. The molecule has 3 rings (SSSR count). The van der Waals surface area contributed by atoms with E-state index in [0.29, 0.717) is 10.00 Å². The van der Waals surface area contributed by atoms with E-state index in [4.69, 9.17) is 16.1 Å². The van der Waals surface area contributed by atoms with Crippen LogP contribution in [-0.2, 0) is 10.0 Å². The Morgan fingerprint density at radius 1 is 1.32 bits per heavy atom. The first kappa shape index (κ1) is 12.2. The maximum absolute atomic E-state index is 12.3. The van der Waals surface area contributed by atoms with Gasteiger partial charge < -0.3 is 4.52 Å². The summed E-state index contributed by atoms with van der Waals surface area (Å²) in [7, 11) is -3.99. The number of aromatic nitrogens is 1. The second kappa shape index (κ2) is 3.82. The zero-order valence-electron chi connectivity index (χ0n) is 9.62. The predicted octanol–water partition coefficient (Wildman–Crippen LogP) is 1.99. The van der Waals surface area contributed by atoms with Crippen molar-refractivity contribution in [2.75, 3.05) is 4.31 Å². The fourth-order valence-corrected chi connectivity index (χ4v) is 3.60. The first-order chi connectivity index (χ1) is 8.94. The first-order valence-electron chi connectivity index (χ1n) is 5.25. The second-order valence-electron chi connectivity index (χ2n) is 3.96. The van der Waals surface area contributed by atoms with E-state index in [-0.39, 0.29) is 21.4 Å². The minimum atomic E-state index is -3.99. The van der Waals surface area contributed by atoms with Gasteiger partial charge in [0.15, 0.2) is 0 Å². The Kier molecular flexibility index (Phi) is 2.45. The Morgan fingerprint density at radius 2 is 2.00 bits per heavy atom. The van der Waals surface area contributed by atoms with Gasteiger partial charge in [0.1, 0.15) is 15.6 Å². The Bertz CT molecular complexity index is 797. The molecule has 0 fully saturated rings. The number of carbonyl (C=O) groups is 1. The Hall–Kier alpha value is -1.86. The lowest BCUT2D eigenvalue weighted by atomic mass is 10.2. The van der Waals surface area contributed by atoms with Crippen LogP contribution < -0.4 is 4.31 Å². The molecule has 1 aromatic carbocycles. The molecule has 0 aliphatic carbocycles. The van der Waals surface area contributed by atoms with Gasteiger partial charge in [0, 0.05) is 0 Å². The lowest BCUT2D eigenvalue weighted by Crippen LogP contribution is -2.29. The molecule has 0 N–H and O–H groups in total. The summed E-state index contributed by atoms with van der Waals surface area (Å²) < 4.78 is 30.0. The third-order valence-corrected chi connectivity index (χ3v) is 4.94. The highest BCUT2D eigenvalue weighted by Gasteiger charge is 2.45. The summed E-state index contributed by atoms with van der Waals surface area (Å²) in [6.07, 6.45) is 0. The Labute approximate surface area is 113 Å². The highest BCUT2D eigenvalue weighted by Crippen LogP contribution is 2.38. The van der Waals surface area contributed by atoms with Crippen LogP contribution in [0.15, 0.2) is 33.7 Å². The molecule has 1 amide bonds. The van der Waals surface area contributed by atoms with Crippen LogP contribution >= 0.6 is 11.6 Å². The maximum atomic E-state index is 12.3. The number of fused-ring (bicyclic) bond motifs is 1. The van der Waals surface area contributed by atoms with Crippen molar-refractivity contribution in [1.82, 2.24) is 5.16 Å². The highest BCUT2D eigenvalue weighted by atomic mass is 35.5. The zero-order valence-corrected chi connectivity index (χ0v) is 11.2. The molecule has 8 heteroatoms. The lowest BCUT2D eigenvalue weighted by molar-refractivity contribution is 0.100. The molecule has 0 bridgehead atoms. The van der Waals surface area contributed by atoms with E-state index in [9.17, 15) is 13.2 Å². The number of benzene rings is 1. The van der Waals surface area contributed by atoms with E-state index < -0.39 is 15.9 Å². The van der Waals surface area contributed by atoms with Crippen molar-refractivity contribution in [3.8, 4) is 0 Å². The first-order valence-corrected chi connectivity index (χ1v) is 7.07. The van der Waals surface area contributed by atoms with Crippen LogP contribution in [-0.4, -0.2) is 19.5 Å². The van der Waals surface area contributed by atoms with Crippen LogP contribution in [0.3, 0.4) is 0 Å². The summed E-state index contributed by atoms with van der Waals surface area (Å²) in [6, 6.07) is 5.93. The standard InChI is InChI=1S/C11H7ClN2O4S/c1-6-9(12)11(18-13-6)14-10(15)7-4-2-3-5-8(7)19(14,16)17/h2-5H,1H3. The number of aryl methyl sites for hydroxylation is 1. The molecule has 0 atom stereocenters. The molecule has 19 heavy (non-hydrogen) atoms. The SMILES string of the molecule is Cc1noc(N2C(=O)c3ccccc3S2(=O)=O)c1Cl. The van der Waals surface area contributed by atoms with E-state index in [1.54, 1.807) is 19.1 Å². The summed E-state index contributed by atoms with van der Waals surface area (Å²) in [5.41, 5.74) is 0.406. The van der Waals surface area contributed by atoms with Gasteiger partial charge in [0.2, 0.25) is 0 Å². The minimum absolute atomic E-state index is 0.00438. The summed E-state index contributed by atoms with van der Waals surface area (Å²) >= 11 is 5.91. The molecule has 1 aromatic heterocycles. The van der Waals surface area contributed by atoms with Gasteiger partial charge in [0.05, 0.1) is 5.56 Å². The highest BCUT2D eigenvalue weighted by molar-refractivity contribution is 7.94. The van der Waals surface area contributed by atoms with Gasteiger partial charge in [-0.05, 0) is 19.1 Å². The van der Waals surface area contributed by atoms with Crippen LogP contribution in [0.4, 0.5) is 5.88 Å². The van der Waals surface area contributed by atoms with Crippen LogP contribution in [0.5, 0.6) is 0 Å². The van der Waals surface area contributed by atoms with E-state index in [2.05, 4.69) is 5.16 Å². The van der Waals surface area contributed by atoms with Crippen LogP contribution in [0.25, 0.3) is 0 Å². The monoisotopic (exact) mass is 298 g/mol. The van der Waals surface area contributed by atoms with Crippen LogP contribution in [0.1, 0.15) is 16.1 Å². The number of halogens is 1. The molecular formula is C11H7ClN2O4S. The molecule has 0 spiro atoms. The average molecular weight is 299 g/mol. The van der Waals surface area contributed by atoms with Crippen molar-refractivity contribution in [1.29, 1.82) is 0 Å². The second-order valence-corrected chi connectivity index (χ2v) is 6.09. The number of rotatable bonds is 1. The van der Waals surface area contributed by atoms with Gasteiger partial charge in [-0.1, -0.05) is 28.9 Å². The third kappa shape index (κ3) is 1.52. The van der Waals surface area contributed by atoms with Crippen molar-refractivity contribution in [2.24, 2.45) is 0 Å². The predicted molar refractivity (Wildman–Crippen MR) is 66.7 cm³/mol.